The number of methoxy groups -OCH3 is 2. The van der Waals surface area contributed by atoms with Crippen LogP contribution >= 0.6 is 7.60 Å². The number of hydrogen-bond donors (Lipinski definition) is 0. The molecule has 0 saturated heterocycles. The van der Waals surface area contributed by atoms with Gasteiger partial charge in [-0.05, 0) is 0 Å². The van der Waals surface area contributed by atoms with Crippen LogP contribution in [0.25, 0.3) is 0 Å². The Bertz CT molecular complexity index is 338. The number of carbonyl (C=O) groups is 2. The maximum Gasteiger partial charge on any atom is 0.368 e. The summed E-state index contributed by atoms with van der Waals surface area (Å²) in [7, 11) is 0.500. The minimum Gasteiger partial charge on any atom is -0.466 e. The third-order valence-electron chi connectivity index (χ3n) is 1.63. The van der Waals surface area contributed by atoms with Crippen LogP contribution in [-0.4, -0.2) is 40.4 Å². The highest BCUT2D eigenvalue weighted by Gasteiger charge is 2.35. The van der Waals surface area contributed by atoms with Gasteiger partial charge in [-0.3, -0.25) is 4.57 Å². The second-order valence-electron chi connectivity index (χ2n) is 2.41. The molecule has 0 aromatic carbocycles. The van der Waals surface area contributed by atoms with E-state index in [1.54, 1.807) is 0 Å². The smallest absolute Gasteiger partial charge is 0.368 e. The van der Waals surface area contributed by atoms with Gasteiger partial charge >= 0.3 is 19.5 Å². The Morgan fingerprint density at radius 1 is 1.00 bits per heavy atom. The Morgan fingerprint density at radius 2 is 1.50 bits per heavy atom. The van der Waals surface area contributed by atoms with E-state index in [9.17, 15) is 14.2 Å². The quantitative estimate of drug-likeness (QED) is 0.404. The number of hydrogen-bond acceptors (Lipinski definition) is 7. The largest absolute Gasteiger partial charge is 0.466 e. The molecule has 0 aromatic rings. The summed E-state index contributed by atoms with van der Waals surface area (Å²) in [6.07, 6.45) is 0.708. The summed E-state index contributed by atoms with van der Waals surface area (Å²) in [5.74, 6) is -1.85. The summed E-state index contributed by atoms with van der Waals surface area (Å²) in [4.78, 5) is 22.3. The topological polar surface area (TPSA) is 88.1 Å². The van der Waals surface area contributed by atoms with E-state index < -0.39 is 24.8 Å². The molecule has 0 amide bonds. The predicted molar refractivity (Wildman–Crippen MR) is 53.7 cm³/mol. The maximum atomic E-state index is 11.9. The lowest BCUT2D eigenvalue weighted by Crippen LogP contribution is -2.10. The molecule has 8 heteroatoms. The monoisotopic (exact) mass is 252 g/mol. The second kappa shape index (κ2) is 6.42. The molecule has 7 nitrogen and oxygen atoms in total. The summed E-state index contributed by atoms with van der Waals surface area (Å²) in [5.41, 5.74) is 0. The Morgan fingerprint density at radius 3 is 1.81 bits per heavy atom. The van der Waals surface area contributed by atoms with E-state index in [2.05, 4.69) is 18.5 Å². The third-order valence-corrected chi connectivity index (χ3v) is 3.49. The fourth-order valence-corrected chi connectivity index (χ4v) is 1.92. The van der Waals surface area contributed by atoms with E-state index in [1.807, 2.05) is 0 Å². The molecule has 0 heterocycles. The molecular weight excluding hydrogens is 239 g/mol. The summed E-state index contributed by atoms with van der Waals surface area (Å²) < 4.78 is 29.7. The Hall–Kier alpha value is -1.17. The van der Waals surface area contributed by atoms with Gasteiger partial charge in [0, 0.05) is 20.3 Å². The second-order valence-corrected chi connectivity index (χ2v) is 4.61. The molecule has 0 aliphatic rings. The van der Waals surface area contributed by atoms with E-state index in [-0.39, 0.29) is 0 Å². The lowest BCUT2D eigenvalue weighted by molar-refractivity contribution is -0.138. The zero-order valence-electron chi connectivity index (χ0n) is 9.38. The summed E-state index contributed by atoms with van der Waals surface area (Å²) in [5, 5.41) is -0.521. The van der Waals surface area contributed by atoms with Crippen LogP contribution < -0.4 is 0 Å². The van der Waals surface area contributed by atoms with Crippen molar-refractivity contribution in [2.75, 3.05) is 28.4 Å². The average molecular weight is 252 g/mol. The van der Waals surface area contributed by atoms with Gasteiger partial charge in [0.1, 0.15) is 0 Å². The van der Waals surface area contributed by atoms with Crippen molar-refractivity contribution in [3.63, 3.8) is 0 Å². The Kier molecular flexibility index (Phi) is 5.95. The lowest BCUT2D eigenvalue weighted by Gasteiger charge is -2.14. The molecular formula is C8H13O7P. The predicted octanol–water partition coefficient (Wildman–Crippen LogP) is 0.702. The van der Waals surface area contributed by atoms with Crippen molar-refractivity contribution in [1.82, 2.24) is 0 Å². The maximum absolute atomic E-state index is 11.9. The van der Waals surface area contributed by atoms with Gasteiger partial charge in [-0.2, -0.15) is 0 Å². The number of carbonyl (C=O) groups excluding carboxylic acids is 2. The molecule has 16 heavy (non-hydrogen) atoms. The van der Waals surface area contributed by atoms with Gasteiger partial charge in [0.15, 0.2) is 5.31 Å². The number of ether oxygens (including phenoxy) is 2. The average Bonchev–Trinajstić information content (AvgIpc) is 2.33. The molecule has 0 radical (unpaired) electrons. The summed E-state index contributed by atoms with van der Waals surface area (Å²) in [6, 6.07) is 0. The number of rotatable bonds is 5. The minimum atomic E-state index is -3.85. The van der Waals surface area contributed by atoms with Crippen LogP contribution in [0.5, 0.6) is 0 Å². The highest BCUT2D eigenvalue weighted by molar-refractivity contribution is 7.59. The molecule has 0 aliphatic heterocycles. The zero-order chi connectivity index (χ0) is 12.8. The highest BCUT2D eigenvalue weighted by atomic mass is 31.2. The van der Waals surface area contributed by atoms with E-state index in [4.69, 9.17) is 0 Å². The SMILES string of the molecule is COC(=O)/C=C(\C(=O)OC)P(=O)(OC)OC. The third kappa shape index (κ3) is 3.44. The van der Waals surface area contributed by atoms with Gasteiger partial charge in [-0.15, -0.1) is 0 Å². The molecule has 0 aliphatic carbocycles. The molecule has 0 N–H and O–H groups in total. The van der Waals surface area contributed by atoms with E-state index in [1.165, 1.54) is 0 Å². The molecule has 0 rings (SSSR count). The van der Waals surface area contributed by atoms with Crippen molar-refractivity contribution in [1.29, 1.82) is 0 Å². The molecule has 0 spiro atoms. The zero-order valence-corrected chi connectivity index (χ0v) is 10.3. The molecule has 0 bridgehead atoms. The van der Waals surface area contributed by atoms with Gasteiger partial charge in [0.05, 0.1) is 14.2 Å². The first-order chi connectivity index (χ1) is 7.45. The highest BCUT2D eigenvalue weighted by Crippen LogP contribution is 2.54. The van der Waals surface area contributed by atoms with Crippen molar-refractivity contribution in [2.24, 2.45) is 0 Å². The fourth-order valence-electron chi connectivity index (χ4n) is 0.796. The molecule has 0 aromatic heterocycles. The molecule has 92 valence electrons. The van der Waals surface area contributed by atoms with Crippen molar-refractivity contribution < 1.29 is 32.7 Å². The van der Waals surface area contributed by atoms with Crippen LogP contribution in [0.4, 0.5) is 0 Å². The normalized spacial score (nSPS) is 12.1. The molecule has 0 atom stereocenters. The van der Waals surface area contributed by atoms with E-state index in [0.717, 1.165) is 28.4 Å². The van der Waals surface area contributed by atoms with Crippen LogP contribution in [0.15, 0.2) is 11.4 Å². The van der Waals surface area contributed by atoms with Gasteiger partial charge < -0.3 is 18.5 Å². The van der Waals surface area contributed by atoms with Crippen molar-refractivity contribution in [2.45, 2.75) is 0 Å². The lowest BCUT2D eigenvalue weighted by atomic mass is 10.5. The van der Waals surface area contributed by atoms with Crippen LogP contribution in [0.1, 0.15) is 0 Å². The molecule has 0 unspecified atom stereocenters. The van der Waals surface area contributed by atoms with Crippen LogP contribution in [0.2, 0.25) is 0 Å². The first-order valence-electron chi connectivity index (χ1n) is 4.05. The van der Waals surface area contributed by atoms with Crippen LogP contribution in [0.3, 0.4) is 0 Å². The fraction of sp³-hybridized carbons (Fsp3) is 0.500. The van der Waals surface area contributed by atoms with Crippen LogP contribution in [0, 0.1) is 0 Å². The first-order valence-corrected chi connectivity index (χ1v) is 5.59. The summed E-state index contributed by atoms with van der Waals surface area (Å²) >= 11 is 0. The molecule has 0 saturated carbocycles. The van der Waals surface area contributed by atoms with Gasteiger partial charge in [-0.25, -0.2) is 9.59 Å². The number of esters is 2. The van der Waals surface area contributed by atoms with Gasteiger partial charge in [0.2, 0.25) is 0 Å². The summed E-state index contributed by atoms with van der Waals surface area (Å²) in [6.45, 7) is 0. The van der Waals surface area contributed by atoms with Crippen molar-refractivity contribution in [3.8, 4) is 0 Å². The van der Waals surface area contributed by atoms with Gasteiger partial charge in [0.25, 0.3) is 0 Å². The van der Waals surface area contributed by atoms with Crippen LogP contribution in [-0.2, 0) is 32.7 Å². The standard InChI is InChI=1S/C8H13O7P/c1-12-7(9)5-6(8(10)13-2)16(11,14-3)15-4/h5H,1-4H3/b6-5+. The van der Waals surface area contributed by atoms with E-state index in [0.29, 0.717) is 6.08 Å². The first kappa shape index (κ1) is 14.8. The van der Waals surface area contributed by atoms with E-state index >= 15 is 0 Å². The van der Waals surface area contributed by atoms with Gasteiger partial charge in [-0.1, -0.05) is 0 Å². The Labute approximate surface area is 92.8 Å². The molecule has 0 fully saturated rings. The minimum absolute atomic E-state index is 0.521. The van der Waals surface area contributed by atoms with Crippen molar-refractivity contribution >= 4 is 19.5 Å². The van der Waals surface area contributed by atoms with Crippen molar-refractivity contribution in [3.05, 3.63) is 11.4 Å². The Balaban J connectivity index is 5.41.